The lowest BCUT2D eigenvalue weighted by molar-refractivity contribution is 0.103. The highest BCUT2D eigenvalue weighted by atomic mass is 31.1. The molecule has 0 amide bonds. The molecule has 1 atom stereocenters. The third-order valence-electron chi connectivity index (χ3n) is 6.81. The second-order valence-electron chi connectivity index (χ2n) is 8.65. The van der Waals surface area contributed by atoms with Crippen LogP contribution in [0.15, 0.2) is 36.4 Å². The summed E-state index contributed by atoms with van der Waals surface area (Å²) >= 11 is 0. The van der Waals surface area contributed by atoms with Crippen LogP contribution in [-0.4, -0.2) is 11.3 Å². The van der Waals surface area contributed by atoms with E-state index < -0.39 is 7.80 Å². The molecule has 3 rings (SSSR count). The van der Waals surface area contributed by atoms with Crippen LogP contribution in [0.4, 0.5) is 0 Å². The Bertz CT molecular complexity index is 1280. The van der Waals surface area contributed by atoms with Gasteiger partial charge >= 0.3 is 13.3 Å². The zero-order valence-electron chi connectivity index (χ0n) is 20.1. The summed E-state index contributed by atoms with van der Waals surface area (Å²) in [6, 6.07) is 11.1. The molecule has 32 heavy (non-hydrogen) atoms. The Hall–Kier alpha value is -2.90. The molecule has 0 saturated heterocycles. The summed E-state index contributed by atoms with van der Waals surface area (Å²) in [5.74, 6) is -0.112. The van der Waals surface area contributed by atoms with Gasteiger partial charge < -0.3 is 0 Å². The van der Waals surface area contributed by atoms with Crippen molar-refractivity contribution in [1.29, 1.82) is 0 Å². The lowest BCUT2D eigenvalue weighted by Crippen LogP contribution is -2.21. The largest absolute Gasteiger partial charge is 0.459 e. The van der Waals surface area contributed by atoms with Gasteiger partial charge in [-0.25, -0.2) is 4.79 Å². The maximum atomic E-state index is 13.7. The molecule has 0 spiro atoms. The smallest absolute Gasteiger partial charge is 0.289 e. The quantitative estimate of drug-likeness (QED) is 0.325. The summed E-state index contributed by atoms with van der Waals surface area (Å²) in [6.45, 7) is 15.3. The normalized spacial score (nSPS) is 11.4. The standard InChI is InChI=1S/C28H30O3P/c1-15-14-16(2)24(19(5)17(15)3)28(30)32(31)27-21(7)18(4)20(6)25(22(27)8)26(29)23-12-10-9-11-13-23/h9-14H,1-8H3/q+1. The van der Waals surface area contributed by atoms with Crippen molar-refractivity contribution in [3.05, 3.63) is 97.6 Å². The van der Waals surface area contributed by atoms with Gasteiger partial charge in [0.05, 0.1) is 5.56 Å². The molecule has 0 aromatic heterocycles. The van der Waals surface area contributed by atoms with Crippen molar-refractivity contribution in [3.8, 4) is 0 Å². The number of rotatable bonds is 5. The minimum atomic E-state index is -2.39. The molecule has 0 bridgehead atoms. The van der Waals surface area contributed by atoms with E-state index in [4.69, 9.17) is 0 Å². The number of benzene rings is 3. The molecule has 0 aliphatic carbocycles. The fourth-order valence-electron chi connectivity index (χ4n) is 4.52. The topological polar surface area (TPSA) is 51.2 Å². The van der Waals surface area contributed by atoms with E-state index in [9.17, 15) is 14.2 Å². The molecule has 4 heteroatoms. The van der Waals surface area contributed by atoms with Gasteiger partial charge in [0.1, 0.15) is 0 Å². The first kappa shape index (κ1) is 23.8. The van der Waals surface area contributed by atoms with Gasteiger partial charge in [-0.2, -0.15) is 0 Å². The number of aryl methyl sites for hydroxylation is 2. The zero-order chi connectivity index (χ0) is 23.9. The van der Waals surface area contributed by atoms with Crippen LogP contribution in [0, 0.1) is 55.4 Å². The van der Waals surface area contributed by atoms with Crippen LogP contribution in [0.3, 0.4) is 0 Å². The van der Waals surface area contributed by atoms with Crippen LogP contribution in [0.1, 0.15) is 70.8 Å². The second-order valence-corrected chi connectivity index (χ2v) is 10.1. The SMILES string of the molecule is Cc1cc(C)c(C(=O)[P+](=O)c2c(C)c(C)c(C)c(C(=O)c3ccccc3)c2C)c(C)c1C. The van der Waals surface area contributed by atoms with Crippen molar-refractivity contribution >= 4 is 24.4 Å². The summed E-state index contributed by atoms with van der Waals surface area (Å²) in [5, 5.41) is 0.490. The van der Waals surface area contributed by atoms with Gasteiger partial charge in [0.15, 0.2) is 5.78 Å². The summed E-state index contributed by atoms with van der Waals surface area (Å²) in [4.78, 5) is 26.9. The number of carbonyl (C=O) groups excluding carboxylic acids is 2. The number of ketones is 1. The summed E-state index contributed by atoms with van der Waals surface area (Å²) in [6.07, 6.45) is 0. The molecule has 1 unspecified atom stereocenters. The minimum absolute atomic E-state index is 0.112. The highest BCUT2D eigenvalue weighted by Crippen LogP contribution is 2.36. The highest BCUT2D eigenvalue weighted by molar-refractivity contribution is 7.71. The molecular weight excluding hydrogens is 415 g/mol. The summed E-state index contributed by atoms with van der Waals surface area (Å²) in [7, 11) is -2.39. The van der Waals surface area contributed by atoms with Gasteiger partial charge in [-0.3, -0.25) is 4.79 Å². The molecule has 0 radical (unpaired) electrons. The second kappa shape index (κ2) is 8.92. The minimum Gasteiger partial charge on any atom is -0.289 e. The van der Waals surface area contributed by atoms with E-state index in [2.05, 4.69) is 0 Å². The molecule has 3 nitrogen and oxygen atoms in total. The van der Waals surface area contributed by atoms with E-state index in [1.165, 1.54) is 0 Å². The molecule has 3 aromatic rings. The van der Waals surface area contributed by atoms with Gasteiger partial charge in [-0.15, -0.1) is 0 Å². The molecule has 0 saturated carbocycles. The van der Waals surface area contributed by atoms with E-state index in [0.717, 1.165) is 38.9 Å². The first-order valence-corrected chi connectivity index (χ1v) is 12.0. The first-order valence-electron chi connectivity index (χ1n) is 10.8. The Morgan fingerprint density at radius 2 is 1.19 bits per heavy atom. The van der Waals surface area contributed by atoms with E-state index in [0.29, 0.717) is 27.6 Å². The van der Waals surface area contributed by atoms with Gasteiger partial charge in [0, 0.05) is 22.3 Å². The van der Waals surface area contributed by atoms with Crippen molar-refractivity contribution in [1.82, 2.24) is 0 Å². The maximum absolute atomic E-state index is 13.7. The van der Waals surface area contributed by atoms with Crippen molar-refractivity contribution in [2.45, 2.75) is 55.4 Å². The molecule has 0 aliphatic rings. The molecule has 164 valence electrons. The van der Waals surface area contributed by atoms with Crippen LogP contribution < -0.4 is 5.30 Å². The predicted molar refractivity (Wildman–Crippen MR) is 132 cm³/mol. The highest BCUT2D eigenvalue weighted by Gasteiger charge is 2.40. The molecule has 0 fully saturated rings. The third-order valence-corrected chi connectivity index (χ3v) is 8.48. The number of hydrogen-bond donors (Lipinski definition) is 0. The van der Waals surface area contributed by atoms with Crippen molar-refractivity contribution < 1.29 is 14.2 Å². The van der Waals surface area contributed by atoms with Gasteiger partial charge in [-0.1, -0.05) is 41.0 Å². The van der Waals surface area contributed by atoms with Crippen LogP contribution in [0.25, 0.3) is 0 Å². The van der Waals surface area contributed by atoms with Crippen LogP contribution in [0.5, 0.6) is 0 Å². The van der Waals surface area contributed by atoms with Gasteiger partial charge in [0.25, 0.3) is 0 Å². The zero-order valence-corrected chi connectivity index (χ0v) is 21.0. The average Bonchev–Trinajstić information content (AvgIpc) is 2.76. The molecule has 0 N–H and O–H groups in total. The van der Waals surface area contributed by atoms with E-state index in [1.54, 1.807) is 12.1 Å². The fourth-order valence-corrected chi connectivity index (χ4v) is 6.16. The predicted octanol–water partition coefficient (Wildman–Crippen LogP) is 6.68. The van der Waals surface area contributed by atoms with E-state index in [-0.39, 0.29) is 11.3 Å². The third kappa shape index (κ3) is 3.87. The summed E-state index contributed by atoms with van der Waals surface area (Å²) < 4.78 is 13.7. The van der Waals surface area contributed by atoms with Gasteiger partial charge in [-0.05, 0) is 88.8 Å². The number of carbonyl (C=O) groups is 2. The Labute approximate surface area is 191 Å². The molecule has 0 heterocycles. The van der Waals surface area contributed by atoms with Crippen molar-refractivity contribution in [2.24, 2.45) is 0 Å². The molecular formula is C28H30O3P+. The first-order chi connectivity index (χ1) is 15.0. The van der Waals surface area contributed by atoms with Crippen LogP contribution in [0.2, 0.25) is 0 Å². The van der Waals surface area contributed by atoms with Crippen molar-refractivity contribution in [3.63, 3.8) is 0 Å². The molecule has 0 aliphatic heterocycles. The monoisotopic (exact) mass is 445 g/mol. The van der Waals surface area contributed by atoms with Crippen LogP contribution in [-0.2, 0) is 4.57 Å². The van der Waals surface area contributed by atoms with Gasteiger partial charge in [0.2, 0.25) is 5.30 Å². The lowest BCUT2D eigenvalue weighted by Gasteiger charge is -2.15. The Morgan fingerprint density at radius 1 is 0.625 bits per heavy atom. The van der Waals surface area contributed by atoms with Crippen LogP contribution >= 0.6 is 7.80 Å². The van der Waals surface area contributed by atoms with Crippen molar-refractivity contribution in [2.75, 3.05) is 0 Å². The maximum Gasteiger partial charge on any atom is 0.459 e. The number of hydrogen-bond acceptors (Lipinski definition) is 3. The van der Waals surface area contributed by atoms with E-state index in [1.807, 2.05) is 79.7 Å². The summed E-state index contributed by atoms with van der Waals surface area (Å²) in [5.41, 5.74) is 8.35. The Kier molecular flexibility index (Phi) is 6.62. The fraction of sp³-hybridized carbons (Fsp3) is 0.286. The Balaban J connectivity index is 2.22. The lowest BCUT2D eigenvalue weighted by atomic mass is 9.89. The Morgan fingerprint density at radius 3 is 1.78 bits per heavy atom. The van der Waals surface area contributed by atoms with E-state index >= 15 is 0 Å². The molecule has 3 aromatic carbocycles. The average molecular weight is 446 g/mol.